The number of hydrogen-bond acceptors (Lipinski definition) is 3. The van der Waals surface area contributed by atoms with Gasteiger partial charge in [-0.25, -0.2) is 9.67 Å². The lowest BCUT2D eigenvalue weighted by Gasteiger charge is -2.05. The van der Waals surface area contributed by atoms with Gasteiger partial charge in [0.15, 0.2) is 0 Å². The van der Waals surface area contributed by atoms with E-state index < -0.39 is 0 Å². The number of hydrogen-bond donors (Lipinski definition) is 0. The molecule has 0 aliphatic rings. The molecule has 0 aliphatic carbocycles. The molecule has 0 radical (unpaired) electrons. The monoisotopic (exact) mass is 252 g/mol. The summed E-state index contributed by atoms with van der Waals surface area (Å²) in [4.78, 5) is 15.3. The zero-order valence-corrected chi connectivity index (χ0v) is 10.4. The van der Waals surface area contributed by atoms with Crippen molar-refractivity contribution in [2.24, 2.45) is 7.05 Å². The summed E-state index contributed by atoms with van der Waals surface area (Å²) in [6.07, 6.45) is 5.38. The van der Waals surface area contributed by atoms with E-state index in [2.05, 4.69) is 10.1 Å². The van der Waals surface area contributed by atoms with Crippen LogP contribution in [0, 0.1) is 0 Å². The first kappa shape index (κ1) is 11.4. The predicted molar refractivity (Wildman–Crippen MR) is 72.0 cm³/mol. The largest absolute Gasteiger partial charge is 0.306 e. The normalized spacial score (nSPS) is 10.6. The maximum Gasteiger partial charge on any atom is 0.266 e. The van der Waals surface area contributed by atoms with E-state index >= 15 is 0 Å². The molecule has 0 N–H and O–H groups in total. The third kappa shape index (κ3) is 2.18. The highest BCUT2D eigenvalue weighted by Gasteiger charge is 2.02. The Balaban J connectivity index is 1.98. The van der Waals surface area contributed by atoms with Crippen LogP contribution in [-0.2, 0) is 7.05 Å². The predicted octanol–water partition coefficient (Wildman–Crippen LogP) is 1.63. The summed E-state index contributed by atoms with van der Waals surface area (Å²) in [7, 11) is 1.64. The molecule has 0 spiro atoms. The Labute approximate surface area is 109 Å². The molecule has 0 saturated heterocycles. The van der Waals surface area contributed by atoms with Crippen LogP contribution in [0.5, 0.6) is 0 Å². The van der Waals surface area contributed by atoms with Crippen LogP contribution < -0.4 is 5.56 Å². The van der Waals surface area contributed by atoms with Crippen molar-refractivity contribution in [1.29, 1.82) is 0 Å². The second-order valence-corrected chi connectivity index (χ2v) is 4.20. The molecule has 2 heterocycles. The topological polar surface area (TPSA) is 52.7 Å². The summed E-state index contributed by atoms with van der Waals surface area (Å²) in [5.41, 5.74) is 2.67. The zero-order chi connectivity index (χ0) is 13.2. The van der Waals surface area contributed by atoms with Gasteiger partial charge in [-0.3, -0.25) is 4.79 Å². The van der Waals surface area contributed by atoms with E-state index in [0.29, 0.717) is 0 Å². The van der Waals surface area contributed by atoms with E-state index in [-0.39, 0.29) is 5.56 Å². The lowest BCUT2D eigenvalue weighted by atomic mass is 10.1. The Bertz CT molecular complexity index is 742. The molecular formula is C14H12N4O. The van der Waals surface area contributed by atoms with Gasteiger partial charge in [-0.1, -0.05) is 12.1 Å². The highest BCUT2D eigenvalue weighted by atomic mass is 16.1. The van der Waals surface area contributed by atoms with Gasteiger partial charge in [0.05, 0.1) is 12.0 Å². The van der Waals surface area contributed by atoms with Crippen molar-refractivity contribution < 1.29 is 0 Å². The maximum atomic E-state index is 11.3. The molecule has 0 unspecified atom stereocenters. The van der Waals surface area contributed by atoms with Crippen molar-refractivity contribution in [3.8, 4) is 16.9 Å². The Kier molecular flexibility index (Phi) is 2.72. The van der Waals surface area contributed by atoms with E-state index in [4.69, 9.17) is 0 Å². The van der Waals surface area contributed by atoms with Crippen molar-refractivity contribution in [2.45, 2.75) is 0 Å². The Morgan fingerprint density at radius 3 is 2.47 bits per heavy atom. The van der Waals surface area contributed by atoms with Crippen LogP contribution in [0.3, 0.4) is 0 Å². The van der Waals surface area contributed by atoms with E-state index in [9.17, 15) is 4.79 Å². The Morgan fingerprint density at radius 1 is 1.05 bits per heavy atom. The van der Waals surface area contributed by atoms with Gasteiger partial charge in [-0.05, 0) is 18.2 Å². The van der Waals surface area contributed by atoms with E-state index in [1.807, 2.05) is 35.0 Å². The van der Waals surface area contributed by atoms with Gasteiger partial charge in [-0.15, -0.1) is 0 Å². The summed E-state index contributed by atoms with van der Waals surface area (Å²) in [6.45, 7) is 0. The molecule has 3 rings (SSSR count). The first-order chi connectivity index (χ1) is 9.24. The summed E-state index contributed by atoms with van der Waals surface area (Å²) in [5, 5.41) is 4.22. The fourth-order valence-electron chi connectivity index (χ4n) is 1.87. The zero-order valence-electron chi connectivity index (χ0n) is 10.4. The second kappa shape index (κ2) is 4.53. The minimum Gasteiger partial charge on any atom is -0.306 e. The maximum absolute atomic E-state index is 11.3. The molecule has 0 fully saturated rings. The second-order valence-electron chi connectivity index (χ2n) is 4.20. The van der Waals surface area contributed by atoms with Crippen molar-refractivity contribution in [1.82, 2.24) is 19.3 Å². The lowest BCUT2D eigenvalue weighted by molar-refractivity contribution is 0.712. The summed E-state index contributed by atoms with van der Waals surface area (Å²) in [6, 6.07) is 11.2. The van der Waals surface area contributed by atoms with Crippen molar-refractivity contribution >= 4 is 0 Å². The minimum absolute atomic E-state index is 0.112. The highest BCUT2D eigenvalue weighted by molar-refractivity contribution is 5.60. The van der Waals surface area contributed by atoms with Crippen LogP contribution >= 0.6 is 0 Å². The van der Waals surface area contributed by atoms with Crippen molar-refractivity contribution in [3.05, 3.63) is 65.5 Å². The third-order valence-corrected chi connectivity index (χ3v) is 2.93. The summed E-state index contributed by atoms with van der Waals surface area (Å²) >= 11 is 0. The van der Waals surface area contributed by atoms with Crippen molar-refractivity contribution in [2.75, 3.05) is 0 Å². The fraction of sp³-hybridized carbons (Fsp3) is 0.0714. The molecule has 0 aliphatic heterocycles. The molecule has 5 heteroatoms. The molecule has 1 aromatic carbocycles. The first-order valence-corrected chi connectivity index (χ1v) is 5.87. The van der Waals surface area contributed by atoms with Gasteiger partial charge < -0.3 is 4.57 Å². The van der Waals surface area contributed by atoms with E-state index in [0.717, 1.165) is 16.9 Å². The Hall–Kier alpha value is -2.69. The number of rotatable bonds is 2. The number of imidazole rings is 1. The van der Waals surface area contributed by atoms with Crippen LogP contribution in [0.25, 0.3) is 16.9 Å². The van der Waals surface area contributed by atoms with Gasteiger partial charge in [0.2, 0.25) is 0 Å². The average molecular weight is 252 g/mol. The van der Waals surface area contributed by atoms with Gasteiger partial charge in [0.1, 0.15) is 0 Å². The number of benzene rings is 1. The summed E-state index contributed by atoms with van der Waals surface area (Å²) in [5.74, 6) is 0. The molecule has 2 aromatic heterocycles. The third-order valence-electron chi connectivity index (χ3n) is 2.93. The molecule has 3 aromatic rings. The van der Waals surface area contributed by atoms with Crippen LogP contribution in [-0.4, -0.2) is 19.3 Å². The molecule has 0 saturated carbocycles. The molecule has 0 bridgehead atoms. The smallest absolute Gasteiger partial charge is 0.266 e. The molecule has 19 heavy (non-hydrogen) atoms. The van der Waals surface area contributed by atoms with Crippen LogP contribution in [0.1, 0.15) is 0 Å². The number of nitrogens with zero attached hydrogens (tertiary/aromatic N) is 4. The number of aromatic nitrogens is 4. The lowest BCUT2D eigenvalue weighted by Crippen LogP contribution is -2.18. The molecule has 0 amide bonds. The SMILES string of the molecule is Cn1nc(-c2ccc(-n3ccnc3)cc2)ccc1=O. The first-order valence-electron chi connectivity index (χ1n) is 5.87. The van der Waals surface area contributed by atoms with Crippen LogP contribution in [0.15, 0.2) is 59.9 Å². The van der Waals surface area contributed by atoms with Gasteiger partial charge >= 0.3 is 0 Å². The van der Waals surface area contributed by atoms with Gasteiger partial charge in [0, 0.05) is 36.8 Å². The van der Waals surface area contributed by atoms with Crippen LogP contribution in [0.4, 0.5) is 0 Å². The van der Waals surface area contributed by atoms with Crippen molar-refractivity contribution in [3.63, 3.8) is 0 Å². The average Bonchev–Trinajstić information content (AvgIpc) is 2.96. The van der Waals surface area contributed by atoms with Gasteiger partial charge in [-0.2, -0.15) is 5.10 Å². The molecule has 0 atom stereocenters. The van der Waals surface area contributed by atoms with Gasteiger partial charge in [0.25, 0.3) is 5.56 Å². The standard InChI is InChI=1S/C14H12N4O/c1-17-14(19)7-6-13(16-17)11-2-4-12(5-3-11)18-9-8-15-10-18/h2-10H,1H3. The van der Waals surface area contributed by atoms with E-state index in [1.54, 1.807) is 25.6 Å². The Morgan fingerprint density at radius 2 is 1.84 bits per heavy atom. The molecule has 94 valence electrons. The highest BCUT2D eigenvalue weighted by Crippen LogP contribution is 2.17. The quantitative estimate of drug-likeness (QED) is 0.696. The molecule has 5 nitrogen and oxygen atoms in total. The minimum atomic E-state index is -0.112. The van der Waals surface area contributed by atoms with Crippen LogP contribution in [0.2, 0.25) is 0 Å². The molecular weight excluding hydrogens is 240 g/mol. The number of aryl methyl sites for hydroxylation is 1. The fourth-order valence-corrected chi connectivity index (χ4v) is 1.87. The van der Waals surface area contributed by atoms with E-state index in [1.165, 1.54) is 10.7 Å². The summed E-state index contributed by atoms with van der Waals surface area (Å²) < 4.78 is 3.26.